The SMILES string of the molecule is CCOC(=O)c1cccc(Nc2ccc3c(n2)N(C2CCN(C(=O)OC(C)(C)C)CC2)C(C)C(=O)N3C)c1. The summed E-state index contributed by atoms with van der Waals surface area (Å²) >= 11 is 0. The van der Waals surface area contributed by atoms with E-state index in [9.17, 15) is 14.4 Å². The highest BCUT2D eigenvalue weighted by Crippen LogP contribution is 2.38. The summed E-state index contributed by atoms with van der Waals surface area (Å²) in [5, 5.41) is 3.28. The van der Waals surface area contributed by atoms with Crippen LogP contribution in [0.5, 0.6) is 0 Å². The van der Waals surface area contributed by atoms with Gasteiger partial charge in [0.15, 0.2) is 5.82 Å². The molecule has 1 aromatic carbocycles. The molecule has 4 rings (SSSR count). The summed E-state index contributed by atoms with van der Waals surface area (Å²) in [5.74, 6) is 0.918. The van der Waals surface area contributed by atoms with E-state index in [0.717, 1.165) is 5.69 Å². The van der Waals surface area contributed by atoms with Crippen LogP contribution in [-0.4, -0.2) is 72.3 Å². The number of likely N-dealkylation sites (N-methyl/N-ethyl adjacent to an activating group) is 1. The normalized spacial score (nSPS) is 18.2. The molecule has 2 amide bonds. The van der Waals surface area contributed by atoms with Gasteiger partial charge < -0.3 is 29.5 Å². The predicted octanol–water partition coefficient (Wildman–Crippen LogP) is 4.57. The zero-order valence-corrected chi connectivity index (χ0v) is 23.0. The van der Waals surface area contributed by atoms with Gasteiger partial charge in [0, 0.05) is 31.9 Å². The Morgan fingerprint density at radius 2 is 1.84 bits per heavy atom. The lowest BCUT2D eigenvalue weighted by atomic mass is 9.99. The highest BCUT2D eigenvalue weighted by atomic mass is 16.6. The van der Waals surface area contributed by atoms with Crippen LogP contribution in [0.25, 0.3) is 0 Å². The first kappa shape index (κ1) is 27.2. The van der Waals surface area contributed by atoms with E-state index in [4.69, 9.17) is 14.5 Å². The number of esters is 1. The molecule has 3 heterocycles. The van der Waals surface area contributed by atoms with E-state index in [2.05, 4.69) is 10.2 Å². The average Bonchev–Trinajstić information content (AvgIpc) is 2.87. The number of ether oxygens (including phenoxy) is 2. The molecule has 2 aliphatic heterocycles. The molecule has 2 aromatic rings. The molecule has 0 aliphatic carbocycles. The molecule has 10 nitrogen and oxygen atoms in total. The minimum atomic E-state index is -0.547. The lowest BCUT2D eigenvalue weighted by molar-refractivity contribution is -0.119. The van der Waals surface area contributed by atoms with Gasteiger partial charge in [-0.15, -0.1) is 0 Å². The second-order valence-corrected chi connectivity index (χ2v) is 10.6. The number of hydrogen-bond acceptors (Lipinski definition) is 8. The number of likely N-dealkylation sites (tertiary alicyclic amines) is 1. The lowest BCUT2D eigenvalue weighted by Crippen LogP contribution is -2.57. The second kappa shape index (κ2) is 10.9. The van der Waals surface area contributed by atoms with Gasteiger partial charge in [-0.3, -0.25) is 4.79 Å². The minimum absolute atomic E-state index is 0.00304. The van der Waals surface area contributed by atoms with Crippen molar-refractivity contribution in [1.82, 2.24) is 9.88 Å². The van der Waals surface area contributed by atoms with Gasteiger partial charge in [0.25, 0.3) is 0 Å². The molecule has 1 atom stereocenters. The maximum absolute atomic E-state index is 13.1. The molecule has 1 unspecified atom stereocenters. The van der Waals surface area contributed by atoms with Crippen LogP contribution in [0.15, 0.2) is 36.4 Å². The Bertz CT molecular complexity index is 1200. The van der Waals surface area contributed by atoms with Gasteiger partial charge in [0.2, 0.25) is 5.91 Å². The molecule has 38 heavy (non-hydrogen) atoms. The van der Waals surface area contributed by atoms with Crippen LogP contribution in [-0.2, 0) is 14.3 Å². The van der Waals surface area contributed by atoms with E-state index < -0.39 is 11.6 Å². The zero-order valence-electron chi connectivity index (χ0n) is 23.0. The topological polar surface area (TPSA) is 104 Å². The predicted molar refractivity (Wildman–Crippen MR) is 146 cm³/mol. The molecule has 204 valence electrons. The Kier molecular flexibility index (Phi) is 7.80. The van der Waals surface area contributed by atoms with E-state index in [1.54, 1.807) is 42.0 Å². The lowest BCUT2D eigenvalue weighted by Gasteiger charge is -2.46. The minimum Gasteiger partial charge on any atom is -0.462 e. The fourth-order valence-electron chi connectivity index (χ4n) is 4.89. The summed E-state index contributed by atoms with van der Waals surface area (Å²) in [6.45, 7) is 10.6. The van der Waals surface area contributed by atoms with Crippen molar-refractivity contribution in [3.05, 3.63) is 42.0 Å². The van der Waals surface area contributed by atoms with Crippen molar-refractivity contribution < 1.29 is 23.9 Å². The Hall–Kier alpha value is -3.82. The molecule has 10 heteroatoms. The van der Waals surface area contributed by atoms with Crippen LogP contribution in [0.2, 0.25) is 0 Å². The van der Waals surface area contributed by atoms with Crippen LogP contribution in [0, 0.1) is 0 Å². The first-order valence-corrected chi connectivity index (χ1v) is 13.1. The van der Waals surface area contributed by atoms with Crippen molar-refractivity contribution in [3.8, 4) is 0 Å². The van der Waals surface area contributed by atoms with E-state index >= 15 is 0 Å². The van der Waals surface area contributed by atoms with Crippen LogP contribution < -0.4 is 15.1 Å². The molecule has 1 aromatic heterocycles. The molecule has 0 saturated carbocycles. The second-order valence-electron chi connectivity index (χ2n) is 10.6. The summed E-state index contributed by atoms with van der Waals surface area (Å²) in [7, 11) is 1.76. The maximum Gasteiger partial charge on any atom is 0.410 e. The highest BCUT2D eigenvalue weighted by Gasteiger charge is 2.40. The van der Waals surface area contributed by atoms with Gasteiger partial charge in [-0.1, -0.05) is 6.07 Å². The van der Waals surface area contributed by atoms with Crippen molar-refractivity contribution in [1.29, 1.82) is 0 Å². The Morgan fingerprint density at radius 3 is 2.50 bits per heavy atom. The number of nitrogens with zero attached hydrogens (tertiary/aromatic N) is 4. The van der Waals surface area contributed by atoms with Crippen LogP contribution in [0.3, 0.4) is 0 Å². The molecule has 1 saturated heterocycles. The first-order chi connectivity index (χ1) is 18.0. The van der Waals surface area contributed by atoms with E-state index in [-0.39, 0.29) is 24.0 Å². The Balaban J connectivity index is 1.56. The van der Waals surface area contributed by atoms with E-state index in [1.807, 2.05) is 45.9 Å². The van der Waals surface area contributed by atoms with Crippen molar-refractivity contribution in [2.45, 2.75) is 65.1 Å². The van der Waals surface area contributed by atoms with Gasteiger partial charge in [-0.25, -0.2) is 14.6 Å². The third-order valence-corrected chi connectivity index (χ3v) is 6.72. The molecule has 0 bridgehead atoms. The molecular weight excluding hydrogens is 486 g/mol. The summed E-state index contributed by atoms with van der Waals surface area (Å²) in [4.78, 5) is 48.2. The van der Waals surface area contributed by atoms with Crippen molar-refractivity contribution in [2.24, 2.45) is 0 Å². The van der Waals surface area contributed by atoms with E-state index in [1.165, 1.54) is 0 Å². The van der Waals surface area contributed by atoms with Crippen molar-refractivity contribution in [3.63, 3.8) is 0 Å². The number of rotatable bonds is 5. The molecule has 2 aliphatic rings. The zero-order chi connectivity index (χ0) is 27.6. The van der Waals surface area contributed by atoms with Gasteiger partial charge in [-0.05, 0) is 77.8 Å². The molecule has 0 radical (unpaired) electrons. The number of carbonyl (C=O) groups is 3. The third-order valence-electron chi connectivity index (χ3n) is 6.72. The first-order valence-electron chi connectivity index (χ1n) is 13.1. The number of anilines is 4. The number of benzene rings is 1. The number of aromatic nitrogens is 1. The van der Waals surface area contributed by atoms with Crippen LogP contribution >= 0.6 is 0 Å². The Labute approximate surface area is 223 Å². The average molecular weight is 524 g/mol. The number of carbonyl (C=O) groups excluding carboxylic acids is 3. The summed E-state index contributed by atoms with van der Waals surface area (Å²) in [6, 6.07) is 10.4. The van der Waals surface area contributed by atoms with Crippen LogP contribution in [0.1, 0.15) is 57.8 Å². The maximum atomic E-state index is 13.1. The van der Waals surface area contributed by atoms with Gasteiger partial charge in [-0.2, -0.15) is 0 Å². The van der Waals surface area contributed by atoms with Crippen LogP contribution in [0.4, 0.5) is 27.8 Å². The summed E-state index contributed by atoms with van der Waals surface area (Å²) < 4.78 is 10.6. The summed E-state index contributed by atoms with van der Waals surface area (Å²) in [6.07, 6.45) is 1.08. The largest absolute Gasteiger partial charge is 0.462 e. The number of piperidine rings is 1. The highest BCUT2D eigenvalue weighted by molar-refractivity contribution is 6.04. The number of hydrogen-bond donors (Lipinski definition) is 1. The van der Waals surface area contributed by atoms with E-state index in [0.29, 0.717) is 55.4 Å². The van der Waals surface area contributed by atoms with Gasteiger partial charge in [0.1, 0.15) is 17.5 Å². The number of amides is 2. The van der Waals surface area contributed by atoms with Crippen molar-refractivity contribution >= 4 is 41.0 Å². The van der Waals surface area contributed by atoms with Gasteiger partial charge >= 0.3 is 12.1 Å². The number of nitrogens with one attached hydrogen (secondary N) is 1. The molecule has 0 spiro atoms. The van der Waals surface area contributed by atoms with Gasteiger partial charge in [0.05, 0.1) is 17.9 Å². The summed E-state index contributed by atoms with van der Waals surface area (Å²) in [5.41, 5.74) is 1.34. The fraction of sp³-hybridized carbons (Fsp3) is 0.500. The number of pyridine rings is 1. The Morgan fingerprint density at radius 1 is 1.13 bits per heavy atom. The molecular formula is C28H37N5O5. The number of fused-ring (bicyclic) bond motifs is 1. The molecule has 1 N–H and O–H groups in total. The smallest absolute Gasteiger partial charge is 0.410 e. The third kappa shape index (κ3) is 5.84. The quantitative estimate of drug-likeness (QED) is 0.569. The van der Waals surface area contributed by atoms with Crippen molar-refractivity contribution in [2.75, 3.05) is 41.9 Å². The molecule has 1 fully saturated rings. The standard InChI is InChI=1S/C28H37N5O5/c1-7-37-26(35)19-9-8-10-20(17-19)29-23-12-11-22-24(30-23)33(18(2)25(34)31(22)6)21-13-15-32(16-14-21)27(36)38-28(3,4)5/h8-12,17-18,21H,7,13-16H2,1-6H3,(H,29,30). The fourth-order valence-corrected chi connectivity index (χ4v) is 4.89. The monoisotopic (exact) mass is 523 g/mol.